The molecule has 4 rings (SSSR count). The van der Waals surface area contributed by atoms with Crippen LogP contribution in [-0.2, 0) is 16.0 Å². The molecular weight excluding hydrogens is 424 g/mol. The van der Waals surface area contributed by atoms with E-state index in [2.05, 4.69) is 0 Å². The van der Waals surface area contributed by atoms with Crippen LogP contribution in [0.2, 0.25) is 0 Å². The van der Waals surface area contributed by atoms with Gasteiger partial charge in [-0.2, -0.15) is 0 Å². The van der Waals surface area contributed by atoms with E-state index in [0.717, 1.165) is 12.0 Å². The van der Waals surface area contributed by atoms with Gasteiger partial charge in [0.05, 0.1) is 10.9 Å². The van der Waals surface area contributed by atoms with Crippen molar-refractivity contribution in [2.75, 3.05) is 19.8 Å². The van der Waals surface area contributed by atoms with Gasteiger partial charge < -0.3 is 23.4 Å². The highest BCUT2D eigenvalue weighted by molar-refractivity contribution is 5.84. The van der Waals surface area contributed by atoms with Gasteiger partial charge in [0.15, 0.2) is 18.1 Å². The van der Waals surface area contributed by atoms with Crippen LogP contribution in [0.4, 0.5) is 0 Å². The molecule has 3 aromatic rings. The summed E-state index contributed by atoms with van der Waals surface area (Å²) in [7, 11) is 0. The monoisotopic (exact) mass is 452 g/mol. The summed E-state index contributed by atoms with van der Waals surface area (Å²) in [4.78, 5) is 25.4. The SMILES string of the molecule is CCCc1cc2c(=O)c(-c3ccc4c(c3)OCCO4)coc2cc1OCC(=O)OC(C)(C)C. The Morgan fingerprint density at radius 2 is 1.82 bits per heavy atom. The van der Waals surface area contributed by atoms with E-state index in [0.29, 0.717) is 59.0 Å². The predicted octanol–water partition coefficient (Wildman–Crippen LogP) is 4.90. The summed E-state index contributed by atoms with van der Waals surface area (Å²) in [5.41, 5.74) is 1.61. The van der Waals surface area contributed by atoms with Crippen LogP contribution >= 0.6 is 0 Å². The minimum atomic E-state index is -0.590. The zero-order chi connectivity index (χ0) is 23.6. The van der Waals surface area contributed by atoms with Crippen LogP contribution in [0.25, 0.3) is 22.1 Å². The van der Waals surface area contributed by atoms with Crippen molar-refractivity contribution >= 4 is 16.9 Å². The van der Waals surface area contributed by atoms with E-state index in [1.807, 2.05) is 13.0 Å². The van der Waals surface area contributed by atoms with E-state index in [4.69, 9.17) is 23.4 Å². The lowest BCUT2D eigenvalue weighted by atomic mass is 10.0. The normalized spacial score (nSPS) is 13.1. The lowest BCUT2D eigenvalue weighted by Crippen LogP contribution is -2.27. The molecule has 7 nitrogen and oxygen atoms in total. The van der Waals surface area contributed by atoms with Crippen molar-refractivity contribution in [3.63, 3.8) is 0 Å². The maximum atomic E-state index is 13.3. The first kappa shape index (κ1) is 22.7. The van der Waals surface area contributed by atoms with Gasteiger partial charge in [0.1, 0.15) is 36.4 Å². The highest BCUT2D eigenvalue weighted by Gasteiger charge is 2.19. The largest absolute Gasteiger partial charge is 0.486 e. The fourth-order valence-electron chi connectivity index (χ4n) is 3.72. The quantitative estimate of drug-likeness (QED) is 0.492. The predicted molar refractivity (Wildman–Crippen MR) is 124 cm³/mol. The number of ether oxygens (including phenoxy) is 4. The molecule has 0 spiro atoms. The van der Waals surface area contributed by atoms with E-state index in [1.165, 1.54) is 6.26 Å². The Kier molecular flexibility index (Phi) is 6.31. The summed E-state index contributed by atoms with van der Waals surface area (Å²) in [6, 6.07) is 8.86. The second-order valence-electron chi connectivity index (χ2n) is 8.92. The van der Waals surface area contributed by atoms with Crippen LogP contribution in [0, 0.1) is 0 Å². The molecular formula is C26H28O7. The van der Waals surface area contributed by atoms with Gasteiger partial charge >= 0.3 is 5.97 Å². The lowest BCUT2D eigenvalue weighted by molar-refractivity contribution is -0.157. The van der Waals surface area contributed by atoms with Crippen molar-refractivity contribution in [2.24, 2.45) is 0 Å². The number of fused-ring (bicyclic) bond motifs is 2. The third-order valence-electron chi connectivity index (χ3n) is 5.09. The second-order valence-corrected chi connectivity index (χ2v) is 8.92. The van der Waals surface area contributed by atoms with Crippen molar-refractivity contribution in [2.45, 2.75) is 46.1 Å². The maximum Gasteiger partial charge on any atom is 0.344 e. The van der Waals surface area contributed by atoms with Gasteiger partial charge in [-0.3, -0.25) is 4.79 Å². The first-order valence-electron chi connectivity index (χ1n) is 11.1. The second kappa shape index (κ2) is 9.17. The number of esters is 1. The number of hydrogen-bond acceptors (Lipinski definition) is 7. The third kappa shape index (κ3) is 5.13. The summed E-state index contributed by atoms with van der Waals surface area (Å²) in [5.74, 6) is 1.31. The van der Waals surface area contributed by atoms with Gasteiger partial charge in [0, 0.05) is 6.07 Å². The fourth-order valence-corrected chi connectivity index (χ4v) is 3.72. The molecule has 0 amide bonds. The van der Waals surface area contributed by atoms with Crippen molar-refractivity contribution in [3.8, 4) is 28.4 Å². The number of carbonyl (C=O) groups is 1. The molecule has 1 aromatic heterocycles. The summed E-state index contributed by atoms with van der Waals surface area (Å²) in [5, 5.41) is 0.454. The van der Waals surface area contributed by atoms with Crippen LogP contribution in [-0.4, -0.2) is 31.4 Å². The van der Waals surface area contributed by atoms with E-state index < -0.39 is 11.6 Å². The van der Waals surface area contributed by atoms with E-state index in [1.54, 1.807) is 45.0 Å². The average molecular weight is 453 g/mol. The minimum absolute atomic E-state index is 0.149. The number of benzene rings is 2. The van der Waals surface area contributed by atoms with E-state index in [9.17, 15) is 9.59 Å². The Hall–Kier alpha value is -3.48. The van der Waals surface area contributed by atoms with Gasteiger partial charge in [-0.1, -0.05) is 19.4 Å². The molecule has 2 heterocycles. The molecule has 0 bridgehead atoms. The Morgan fingerprint density at radius 1 is 1.06 bits per heavy atom. The summed E-state index contributed by atoms with van der Waals surface area (Å²) >= 11 is 0. The Morgan fingerprint density at radius 3 is 2.55 bits per heavy atom. The van der Waals surface area contributed by atoms with Crippen LogP contribution in [0.5, 0.6) is 17.2 Å². The smallest absolute Gasteiger partial charge is 0.344 e. The zero-order valence-corrected chi connectivity index (χ0v) is 19.4. The van der Waals surface area contributed by atoms with Gasteiger partial charge in [0.2, 0.25) is 5.43 Å². The molecule has 0 fully saturated rings. The third-order valence-corrected chi connectivity index (χ3v) is 5.09. The van der Waals surface area contributed by atoms with E-state index >= 15 is 0 Å². The van der Waals surface area contributed by atoms with Gasteiger partial charge in [-0.05, 0) is 56.5 Å². The summed E-state index contributed by atoms with van der Waals surface area (Å²) in [6.07, 6.45) is 2.97. The molecule has 174 valence electrons. The van der Waals surface area contributed by atoms with Crippen molar-refractivity contribution in [1.29, 1.82) is 0 Å². The number of carbonyl (C=O) groups excluding carboxylic acids is 1. The number of rotatable bonds is 6. The van der Waals surface area contributed by atoms with Crippen LogP contribution < -0.4 is 19.6 Å². The van der Waals surface area contributed by atoms with Gasteiger partial charge in [-0.25, -0.2) is 4.79 Å². The number of aryl methyl sites for hydroxylation is 1. The van der Waals surface area contributed by atoms with E-state index in [-0.39, 0.29) is 12.0 Å². The molecule has 1 aliphatic heterocycles. The molecule has 0 atom stereocenters. The standard InChI is InChI=1S/C26H28O7/c1-5-6-17-11-18-22(13-21(17)32-15-24(27)33-26(2,3)4)31-14-19(25(18)28)16-7-8-20-23(12-16)30-10-9-29-20/h7-8,11-14H,5-6,9-10,15H2,1-4H3. The first-order valence-corrected chi connectivity index (χ1v) is 11.1. The zero-order valence-electron chi connectivity index (χ0n) is 19.4. The Bertz CT molecular complexity index is 1230. The molecule has 0 saturated carbocycles. The first-order chi connectivity index (χ1) is 15.7. The highest BCUT2D eigenvalue weighted by Crippen LogP contribution is 2.34. The van der Waals surface area contributed by atoms with Crippen molar-refractivity contribution < 1.29 is 28.2 Å². The van der Waals surface area contributed by atoms with Gasteiger partial charge in [0.25, 0.3) is 0 Å². The minimum Gasteiger partial charge on any atom is -0.486 e. The highest BCUT2D eigenvalue weighted by atomic mass is 16.6. The molecule has 2 aromatic carbocycles. The average Bonchev–Trinajstić information content (AvgIpc) is 2.77. The molecule has 0 N–H and O–H groups in total. The molecule has 7 heteroatoms. The van der Waals surface area contributed by atoms with Gasteiger partial charge in [-0.15, -0.1) is 0 Å². The molecule has 0 radical (unpaired) electrons. The Labute approximate surface area is 192 Å². The Balaban J connectivity index is 1.68. The van der Waals surface area contributed by atoms with Crippen LogP contribution in [0.3, 0.4) is 0 Å². The molecule has 1 aliphatic rings. The fraction of sp³-hybridized carbons (Fsp3) is 0.385. The van der Waals surface area contributed by atoms with Crippen molar-refractivity contribution in [1.82, 2.24) is 0 Å². The molecule has 33 heavy (non-hydrogen) atoms. The number of hydrogen-bond donors (Lipinski definition) is 0. The van der Waals surface area contributed by atoms with Crippen molar-refractivity contribution in [3.05, 3.63) is 52.4 Å². The summed E-state index contributed by atoms with van der Waals surface area (Å²) in [6.45, 7) is 8.19. The summed E-state index contributed by atoms with van der Waals surface area (Å²) < 4.78 is 28.1. The molecule has 0 unspecified atom stereocenters. The maximum absolute atomic E-state index is 13.3. The lowest BCUT2D eigenvalue weighted by Gasteiger charge is -2.20. The molecule has 0 aliphatic carbocycles. The topological polar surface area (TPSA) is 84.2 Å². The molecule has 0 saturated heterocycles. The van der Waals surface area contributed by atoms with Crippen LogP contribution in [0.15, 0.2) is 45.8 Å². The van der Waals surface area contributed by atoms with Crippen LogP contribution in [0.1, 0.15) is 39.7 Å².